The molecule has 0 bridgehead atoms. The average Bonchev–Trinajstić information content (AvgIpc) is 2.48. The third-order valence-corrected chi connectivity index (χ3v) is 3.50. The number of ether oxygens (including phenoxy) is 1. The predicted octanol–water partition coefficient (Wildman–Crippen LogP) is 4.30. The minimum absolute atomic E-state index is 0.199. The summed E-state index contributed by atoms with van der Waals surface area (Å²) in [6.07, 6.45) is 3.50. The summed E-state index contributed by atoms with van der Waals surface area (Å²) in [6.45, 7) is 8.26. The summed E-state index contributed by atoms with van der Waals surface area (Å²) in [5.74, 6) is 0.766. The molecule has 0 spiro atoms. The van der Waals surface area contributed by atoms with Gasteiger partial charge in [0.15, 0.2) is 0 Å². The summed E-state index contributed by atoms with van der Waals surface area (Å²) in [4.78, 5) is 4.71. The number of pyridine rings is 1. The molecule has 3 heteroatoms. The van der Waals surface area contributed by atoms with Gasteiger partial charge in [0, 0.05) is 11.9 Å². The summed E-state index contributed by atoms with van der Waals surface area (Å²) in [6, 6.07) is 10.5. The van der Waals surface area contributed by atoms with E-state index < -0.39 is 0 Å². The molecule has 1 atom stereocenters. The van der Waals surface area contributed by atoms with Gasteiger partial charge in [0.2, 0.25) is 5.88 Å². The Morgan fingerprint density at radius 2 is 2.00 bits per heavy atom. The molecule has 0 aliphatic carbocycles. The van der Waals surface area contributed by atoms with Gasteiger partial charge < -0.3 is 10.1 Å². The SMILES string of the molecule is CCCNCc1cc2ccccc2c(OC(C)CCC)n1. The van der Waals surface area contributed by atoms with Crippen LogP contribution >= 0.6 is 0 Å². The largest absolute Gasteiger partial charge is 0.474 e. The quantitative estimate of drug-likeness (QED) is 0.735. The maximum Gasteiger partial charge on any atom is 0.221 e. The van der Waals surface area contributed by atoms with Crippen LogP contribution in [0.5, 0.6) is 5.88 Å². The van der Waals surface area contributed by atoms with Gasteiger partial charge in [0.1, 0.15) is 0 Å². The Balaban J connectivity index is 2.26. The van der Waals surface area contributed by atoms with Crippen LogP contribution in [0.3, 0.4) is 0 Å². The Morgan fingerprint density at radius 1 is 1.19 bits per heavy atom. The first kappa shape index (κ1) is 15.8. The Morgan fingerprint density at radius 3 is 2.76 bits per heavy atom. The van der Waals surface area contributed by atoms with Gasteiger partial charge in [0.05, 0.1) is 11.8 Å². The van der Waals surface area contributed by atoms with Crippen LogP contribution in [-0.2, 0) is 6.54 Å². The van der Waals surface area contributed by atoms with E-state index in [1.807, 2.05) is 6.07 Å². The van der Waals surface area contributed by atoms with E-state index in [0.717, 1.165) is 49.3 Å². The molecule has 0 saturated heterocycles. The maximum absolute atomic E-state index is 6.08. The first-order valence-electron chi connectivity index (χ1n) is 8.00. The minimum Gasteiger partial charge on any atom is -0.474 e. The summed E-state index contributed by atoms with van der Waals surface area (Å²) in [7, 11) is 0. The molecular formula is C18H26N2O. The lowest BCUT2D eigenvalue weighted by atomic mass is 10.1. The molecule has 0 amide bonds. The molecule has 0 radical (unpaired) electrons. The van der Waals surface area contributed by atoms with Crippen molar-refractivity contribution in [3.8, 4) is 5.88 Å². The molecular weight excluding hydrogens is 260 g/mol. The van der Waals surface area contributed by atoms with E-state index in [2.05, 4.69) is 50.4 Å². The van der Waals surface area contributed by atoms with Crippen LogP contribution in [0.2, 0.25) is 0 Å². The molecule has 1 aromatic heterocycles. The molecule has 0 saturated carbocycles. The zero-order chi connectivity index (χ0) is 15.1. The van der Waals surface area contributed by atoms with Gasteiger partial charge >= 0.3 is 0 Å². The van der Waals surface area contributed by atoms with Crippen molar-refractivity contribution in [2.75, 3.05) is 6.54 Å². The summed E-state index contributed by atoms with van der Waals surface area (Å²) < 4.78 is 6.08. The fourth-order valence-corrected chi connectivity index (χ4v) is 2.45. The van der Waals surface area contributed by atoms with Crippen molar-refractivity contribution in [2.24, 2.45) is 0 Å². The lowest BCUT2D eigenvalue weighted by Gasteiger charge is -2.16. The van der Waals surface area contributed by atoms with Gasteiger partial charge in [-0.15, -0.1) is 0 Å². The predicted molar refractivity (Wildman–Crippen MR) is 88.7 cm³/mol. The van der Waals surface area contributed by atoms with Crippen LogP contribution in [0.1, 0.15) is 45.7 Å². The van der Waals surface area contributed by atoms with Crippen molar-refractivity contribution in [2.45, 2.75) is 52.7 Å². The Kier molecular flexibility index (Phi) is 6.00. The highest BCUT2D eigenvalue weighted by Crippen LogP contribution is 2.26. The van der Waals surface area contributed by atoms with Crippen LogP contribution < -0.4 is 10.1 Å². The van der Waals surface area contributed by atoms with Gasteiger partial charge in [-0.25, -0.2) is 4.98 Å². The molecule has 1 unspecified atom stereocenters. The average molecular weight is 286 g/mol. The number of hydrogen-bond acceptors (Lipinski definition) is 3. The molecule has 2 rings (SSSR count). The van der Waals surface area contributed by atoms with E-state index in [-0.39, 0.29) is 6.10 Å². The van der Waals surface area contributed by atoms with Crippen molar-refractivity contribution in [1.29, 1.82) is 0 Å². The normalized spacial score (nSPS) is 12.5. The number of rotatable bonds is 8. The van der Waals surface area contributed by atoms with E-state index in [1.54, 1.807) is 0 Å². The fourth-order valence-electron chi connectivity index (χ4n) is 2.45. The molecule has 1 heterocycles. The van der Waals surface area contributed by atoms with Gasteiger partial charge in [-0.2, -0.15) is 0 Å². The van der Waals surface area contributed by atoms with Crippen molar-refractivity contribution >= 4 is 10.8 Å². The van der Waals surface area contributed by atoms with E-state index in [0.29, 0.717) is 0 Å². The second-order valence-electron chi connectivity index (χ2n) is 5.53. The van der Waals surface area contributed by atoms with Crippen LogP contribution in [0.4, 0.5) is 0 Å². The van der Waals surface area contributed by atoms with Crippen molar-refractivity contribution < 1.29 is 4.74 Å². The number of fused-ring (bicyclic) bond motifs is 1. The fraction of sp³-hybridized carbons (Fsp3) is 0.500. The summed E-state index contributed by atoms with van der Waals surface area (Å²) in [5, 5.41) is 5.69. The molecule has 0 fully saturated rings. The maximum atomic E-state index is 6.08. The molecule has 3 nitrogen and oxygen atoms in total. The van der Waals surface area contributed by atoms with Crippen LogP contribution in [-0.4, -0.2) is 17.6 Å². The third kappa shape index (κ3) is 4.43. The topological polar surface area (TPSA) is 34.1 Å². The molecule has 114 valence electrons. The van der Waals surface area contributed by atoms with E-state index in [9.17, 15) is 0 Å². The monoisotopic (exact) mass is 286 g/mol. The number of benzene rings is 1. The highest BCUT2D eigenvalue weighted by molar-refractivity contribution is 5.87. The van der Waals surface area contributed by atoms with E-state index in [1.165, 1.54) is 5.39 Å². The molecule has 0 aliphatic rings. The van der Waals surface area contributed by atoms with Crippen molar-refractivity contribution in [3.63, 3.8) is 0 Å². The van der Waals surface area contributed by atoms with Gasteiger partial charge in [-0.05, 0) is 43.8 Å². The third-order valence-electron chi connectivity index (χ3n) is 3.50. The molecule has 1 aromatic carbocycles. The van der Waals surface area contributed by atoms with E-state index >= 15 is 0 Å². The van der Waals surface area contributed by atoms with Gasteiger partial charge in [-0.1, -0.05) is 38.5 Å². The Hall–Kier alpha value is -1.61. The van der Waals surface area contributed by atoms with Crippen LogP contribution in [0.15, 0.2) is 30.3 Å². The smallest absolute Gasteiger partial charge is 0.221 e. The first-order chi connectivity index (χ1) is 10.2. The second-order valence-corrected chi connectivity index (χ2v) is 5.53. The van der Waals surface area contributed by atoms with Gasteiger partial charge in [-0.3, -0.25) is 0 Å². The highest BCUT2D eigenvalue weighted by Gasteiger charge is 2.10. The molecule has 21 heavy (non-hydrogen) atoms. The van der Waals surface area contributed by atoms with Crippen molar-refractivity contribution in [1.82, 2.24) is 10.3 Å². The zero-order valence-corrected chi connectivity index (χ0v) is 13.4. The zero-order valence-electron chi connectivity index (χ0n) is 13.4. The van der Waals surface area contributed by atoms with Crippen LogP contribution in [0.25, 0.3) is 10.8 Å². The summed E-state index contributed by atoms with van der Waals surface area (Å²) in [5.41, 5.74) is 1.04. The van der Waals surface area contributed by atoms with Crippen LogP contribution in [0, 0.1) is 0 Å². The molecule has 0 aliphatic heterocycles. The number of hydrogen-bond donors (Lipinski definition) is 1. The Labute approximate surface area is 127 Å². The summed E-state index contributed by atoms with van der Waals surface area (Å²) >= 11 is 0. The van der Waals surface area contributed by atoms with Gasteiger partial charge in [0.25, 0.3) is 0 Å². The number of nitrogens with one attached hydrogen (secondary N) is 1. The minimum atomic E-state index is 0.199. The van der Waals surface area contributed by atoms with Crippen molar-refractivity contribution in [3.05, 3.63) is 36.0 Å². The lowest BCUT2D eigenvalue weighted by molar-refractivity contribution is 0.204. The Bertz CT molecular complexity index is 568. The standard InChI is InChI=1S/C18H26N2O/c1-4-8-14(3)21-18-17-10-7-6-9-15(17)12-16(20-18)13-19-11-5-2/h6-7,9-10,12,14,19H,4-5,8,11,13H2,1-3H3. The number of nitrogens with zero attached hydrogens (tertiary/aromatic N) is 1. The highest BCUT2D eigenvalue weighted by atomic mass is 16.5. The number of aromatic nitrogens is 1. The lowest BCUT2D eigenvalue weighted by Crippen LogP contribution is -2.16. The first-order valence-corrected chi connectivity index (χ1v) is 8.00. The molecule has 2 aromatic rings. The second kappa shape index (κ2) is 7.99. The van der Waals surface area contributed by atoms with E-state index in [4.69, 9.17) is 9.72 Å². The molecule has 1 N–H and O–H groups in total.